The number of hydrogen-bond donors (Lipinski definition) is 0. The highest BCUT2D eigenvalue weighted by Crippen LogP contribution is 2.21. The highest BCUT2D eigenvalue weighted by Gasteiger charge is 2.03. The molecular weight excluding hydrogens is 188 g/mol. The smallest absolute Gasteiger partial charge is 0.339 e. The monoisotopic (exact) mass is 194 g/mol. The van der Waals surface area contributed by atoms with Crippen molar-refractivity contribution in [3.8, 4) is 0 Å². The van der Waals surface area contributed by atoms with Gasteiger partial charge in [0.15, 0.2) is 5.58 Å². The van der Waals surface area contributed by atoms with E-state index in [4.69, 9.17) is 16.0 Å². The van der Waals surface area contributed by atoms with Crippen molar-refractivity contribution >= 4 is 22.6 Å². The Morgan fingerprint density at radius 1 is 1.38 bits per heavy atom. The summed E-state index contributed by atoms with van der Waals surface area (Å²) in [4.78, 5) is 11.2. The largest absolute Gasteiger partial charge is 0.421 e. The van der Waals surface area contributed by atoms with Crippen molar-refractivity contribution in [2.24, 2.45) is 0 Å². The summed E-state index contributed by atoms with van der Waals surface area (Å²) >= 11 is 5.85. The second-order valence-electron chi connectivity index (χ2n) is 2.88. The zero-order valence-corrected chi connectivity index (χ0v) is 7.76. The highest BCUT2D eigenvalue weighted by atomic mass is 35.5. The lowest BCUT2D eigenvalue weighted by molar-refractivity contribution is 0.555. The van der Waals surface area contributed by atoms with Gasteiger partial charge in [0.05, 0.1) is 5.02 Å². The van der Waals surface area contributed by atoms with Gasteiger partial charge in [-0.1, -0.05) is 23.7 Å². The first-order chi connectivity index (χ1) is 6.18. The van der Waals surface area contributed by atoms with Crippen molar-refractivity contribution < 1.29 is 4.42 Å². The van der Waals surface area contributed by atoms with E-state index >= 15 is 0 Å². The van der Waals surface area contributed by atoms with Gasteiger partial charge in [0, 0.05) is 10.9 Å². The summed E-state index contributed by atoms with van der Waals surface area (Å²) in [7, 11) is 0. The molecule has 13 heavy (non-hydrogen) atoms. The Bertz CT molecular complexity index is 514. The Morgan fingerprint density at radius 3 is 2.92 bits per heavy atom. The van der Waals surface area contributed by atoms with Gasteiger partial charge in [-0.05, 0) is 19.1 Å². The molecule has 2 nitrogen and oxygen atoms in total. The average molecular weight is 195 g/mol. The molecular formula is C10H7ClO2. The Balaban J connectivity index is 2.97. The fraction of sp³-hybridized carbons (Fsp3) is 0.100. The SMILES string of the molecule is Cc1cc2cccc(Cl)c2oc1=O. The fourth-order valence-electron chi connectivity index (χ4n) is 1.21. The Hall–Kier alpha value is -1.28. The number of hydrogen-bond acceptors (Lipinski definition) is 2. The molecule has 0 aliphatic carbocycles. The molecule has 0 amide bonds. The average Bonchev–Trinajstić information content (AvgIpc) is 2.09. The zero-order valence-electron chi connectivity index (χ0n) is 7.00. The third-order valence-electron chi connectivity index (χ3n) is 1.89. The van der Waals surface area contributed by atoms with E-state index in [1.165, 1.54) is 0 Å². The van der Waals surface area contributed by atoms with Crippen LogP contribution < -0.4 is 5.63 Å². The third kappa shape index (κ3) is 1.33. The maximum atomic E-state index is 11.2. The van der Waals surface area contributed by atoms with E-state index in [0.717, 1.165) is 5.39 Å². The van der Waals surface area contributed by atoms with Crippen LogP contribution in [0.2, 0.25) is 5.02 Å². The van der Waals surface area contributed by atoms with E-state index in [2.05, 4.69) is 0 Å². The Labute approximate surface area is 79.7 Å². The number of halogens is 1. The topological polar surface area (TPSA) is 30.2 Å². The van der Waals surface area contributed by atoms with E-state index in [9.17, 15) is 4.79 Å². The van der Waals surface area contributed by atoms with Crippen LogP contribution in [-0.2, 0) is 0 Å². The summed E-state index contributed by atoms with van der Waals surface area (Å²) in [5.74, 6) is 0. The van der Waals surface area contributed by atoms with Crippen molar-refractivity contribution in [3.63, 3.8) is 0 Å². The summed E-state index contributed by atoms with van der Waals surface area (Å²) in [5.41, 5.74) is 0.718. The van der Waals surface area contributed by atoms with Gasteiger partial charge in [0.2, 0.25) is 0 Å². The molecule has 2 rings (SSSR count). The van der Waals surface area contributed by atoms with Crippen LogP contribution >= 0.6 is 11.6 Å². The molecule has 0 N–H and O–H groups in total. The van der Waals surface area contributed by atoms with Crippen LogP contribution in [0, 0.1) is 6.92 Å². The number of para-hydroxylation sites is 1. The summed E-state index contributed by atoms with van der Waals surface area (Å²) in [6, 6.07) is 7.15. The second-order valence-corrected chi connectivity index (χ2v) is 3.28. The molecule has 0 spiro atoms. The van der Waals surface area contributed by atoms with Crippen LogP contribution in [0.25, 0.3) is 11.0 Å². The van der Waals surface area contributed by atoms with Gasteiger partial charge in [-0.3, -0.25) is 0 Å². The third-order valence-corrected chi connectivity index (χ3v) is 2.18. The minimum atomic E-state index is -0.333. The van der Waals surface area contributed by atoms with Gasteiger partial charge in [0.1, 0.15) is 0 Å². The Kier molecular flexibility index (Phi) is 1.85. The van der Waals surface area contributed by atoms with E-state index in [-0.39, 0.29) is 5.63 Å². The normalized spacial score (nSPS) is 10.6. The van der Waals surface area contributed by atoms with Crippen LogP contribution in [0.4, 0.5) is 0 Å². The van der Waals surface area contributed by atoms with Gasteiger partial charge in [-0.2, -0.15) is 0 Å². The molecule has 1 aromatic carbocycles. The predicted octanol–water partition coefficient (Wildman–Crippen LogP) is 2.75. The molecule has 2 aromatic rings. The van der Waals surface area contributed by atoms with Crippen molar-refractivity contribution in [2.75, 3.05) is 0 Å². The minimum absolute atomic E-state index is 0.333. The quantitative estimate of drug-likeness (QED) is 0.604. The summed E-state index contributed by atoms with van der Waals surface area (Å²) < 4.78 is 5.04. The maximum Gasteiger partial charge on any atom is 0.339 e. The van der Waals surface area contributed by atoms with E-state index in [1.807, 2.05) is 12.1 Å². The molecule has 0 bridgehead atoms. The first-order valence-corrected chi connectivity index (χ1v) is 4.25. The van der Waals surface area contributed by atoms with Crippen molar-refractivity contribution in [2.45, 2.75) is 6.92 Å². The molecule has 1 heterocycles. The molecule has 0 aliphatic heterocycles. The van der Waals surface area contributed by atoms with E-state index in [1.54, 1.807) is 19.1 Å². The lowest BCUT2D eigenvalue weighted by Gasteiger charge is -1.98. The van der Waals surface area contributed by atoms with Gasteiger partial charge in [-0.25, -0.2) is 4.79 Å². The van der Waals surface area contributed by atoms with Crippen molar-refractivity contribution in [3.05, 3.63) is 45.3 Å². The number of benzene rings is 1. The summed E-state index contributed by atoms with van der Waals surface area (Å²) in [5, 5.41) is 1.32. The number of fused-ring (bicyclic) bond motifs is 1. The lowest BCUT2D eigenvalue weighted by Crippen LogP contribution is -2.01. The van der Waals surface area contributed by atoms with Gasteiger partial charge in [-0.15, -0.1) is 0 Å². The van der Waals surface area contributed by atoms with Crippen LogP contribution in [0.15, 0.2) is 33.5 Å². The maximum absolute atomic E-state index is 11.2. The molecule has 0 atom stereocenters. The van der Waals surface area contributed by atoms with Crippen molar-refractivity contribution in [1.29, 1.82) is 0 Å². The van der Waals surface area contributed by atoms with Gasteiger partial charge in [0.25, 0.3) is 0 Å². The number of aryl methyl sites for hydroxylation is 1. The highest BCUT2D eigenvalue weighted by molar-refractivity contribution is 6.34. The van der Waals surface area contributed by atoms with Crippen LogP contribution in [0.5, 0.6) is 0 Å². The first-order valence-electron chi connectivity index (χ1n) is 3.87. The molecule has 66 valence electrons. The molecule has 0 fully saturated rings. The van der Waals surface area contributed by atoms with Gasteiger partial charge >= 0.3 is 5.63 Å². The lowest BCUT2D eigenvalue weighted by atomic mass is 10.2. The molecule has 3 heteroatoms. The summed E-state index contributed by atoms with van der Waals surface area (Å²) in [6.45, 7) is 1.71. The molecule has 0 aliphatic rings. The molecule has 1 aromatic heterocycles. The standard InChI is InChI=1S/C10H7ClO2/c1-6-5-7-3-2-4-8(11)9(7)13-10(6)12/h2-5H,1H3. The predicted molar refractivity (Wildman–Crippen MR) is 52.2 cm³/mol. The van der Waals surface area contributed by atoms with E-state index in [0.29, 0.717) is 16.2 Å². The number of rotatable bonds is 0. The molecule has 0 saturated heterocycles. The second kappa shape index (κ2) is 2.89. The van der Waals surface area contributed by atoms with Crippen molar-refractivity contribution in [1.82, 2.24) is 0 Å². The van der Waals surface area contributed by atoms with Crippen LogP contribution in [0.1, 0.15) is 5.56 Å². The molecule has 0 unspecified atom stereocenters. The van der Waals surface area contributed by atoms with E-state index < -0.39 is 0 Å². The Morgan fingerprint density at radius 2 is 2.15 bits per heavy atom. The molecule has 0 radical (unpaired) electrons. The first kappa shape index (κ1) is 8.32. The zero-order chi connectivity index (χ0) is 9.42. The summed E-state index contributed by atoms with van der Waals surface area (Å²) in [6.07, 6.45) is 0. The minimum Gasteiger partial charge on any atom is -0.421 e. The van der Waals surface area contributed by atoms with Crippen LogP contribution in [-0.4, -0.2) is 0 Å². The van der Waals surface area contributed by atoms with Crippen LogP contribution in [0.3, 0.4) is 0 Å². The van der Waals surface area contributed by atoms with Gasteiger partial charge < -0.3 is 4.42 Å². The molecule has 0 saturated carbocycles. The fourth-order valence-corrected chi connectivity index (χ4v) is 1.43.